The van der Waals surface area contributed by atoms with Crippen LogP contribution < -0.4 is 10.8 Å². The second-order valence-corrected chi connectivity index (χ2v) is 7.23. The summed E-state index contributed by atoms with van der Waals surface area (Å²) in [6.07, 6.45) is -0.0260. The van der Waals surface area contributed by atoms with Gasteiger partial charge in [-0.3, -0.25) is 0 Å². The Labute approximate surface area is 164 Å². The Morgan fingerprint density at radius 3 is 2.44 bits per heavy atom. The van der Waals surface area contributed by atoms with E-state index in [9.17, 15) is 9.59 Å². The fourth-order valence-corrected chi connectivity index (χ4v) is 4.21. The third-order valence-electron chi connectivity index (χ3n) is 3.92. The number of carbonyl (C=O) groups is 2. The predicted molar refractivity (Wildman–Crippen MR) is 96.0 cm³/mol. The molecule has 0 heterocycles. The molecule has 0 unspecified atom stereocenters. The number of hydrogen-bond acceptors (Lipinski definition) is 4. The Morgan fingerprint density at radius 1 is 1.28 bits per heavy atom. The van der Waals surface area contributed by atoms with Crippen molar-refractivity contribution in [2.75, 3.05) is 13.6 Å². The van der Waals surface area contributed by atoms with Crippen LogP contribution in [0.3, 0.4) is 0 Å². The van der Waals surface area contributed by atoms with Gasteiger partial charge in [0.2, 0.25) is 0 Å². The van der Waals surface area contributed by atoms with Crippen molar-refractivity contribution in [2.45, 2.75) is 36.6 Å². The molecule has 0 aliphatic heterocycles. The van der Waals surface area contributed by atoms with Crippen molar-refractivity contribution in [2.24, 2.45) is 0 Å². The van der Waals surface area contributed by atoms with Gasteiger partial charge in [-0.2, -0.15) is 0 Å². The van der Waals surface area contributed by atoms with E-state index in [4.69, 9.17) is 17.4 Å². The molecular formula is C17H24N3O3ReS. The van der Waals surface area contributed by atoms with Crippen LogP contribution in [0.2, 0.25) is 4.89 Å². The molecule has 1 aromatic rings. The third-order valence-corrected chi connectivity index (χ3v) is 5.45. The Morgan fingerprint density at radius 2 is 1.92 bits per heavy atom. The van der Waals surface area contributed by atoms with E-state index >= 15 is 0 Å². The summed E-state index contributed by atoms with van der Waals surface area (Å²) in [5, 5.41) is 11.6. The standard InChI is InChI=1S/C17H24N3O3S.Re/c1-12(14-7-5-4-6-8-14)11-20(13(2)17(24)18-3)16(22)10-9-15(21)19-23;/h4-8,12-13,23H,2,9-11H2,1,3H3,(H,18,24)(H,19,21);/t12-,13+;/m0./s1. The Balaban J connectivity index is 2.95. The fourth-order valence-electron chi connectivity index (χ4n) is 2.47. The van der Waals surface area contributed by atoms with E-state index in [2.05, 4.69) is 12.2 Å². The predicted octanol–water partition coefficient (Wildman–Crippen LogP) is 1.78. The van der Waals surface area contributed by atoms with E-state index in [0.717, 1.165) is 10.5 Å². The van der Waals surface area contributed by atoms with E-state index in [1.165, 1.54) is 0 Å². The summed E-state index contributed by atoms with van der Waals surface area (Å²) in [6.45, 7) is 2.58. The number of hydroxylamine groups is 1. The average Bonchev–Trinajstić information content (AvgIpc) is 2.65. The van der Waals surface area contributed by atoms with Gasteiger partial charge in [0.25, 0.3) is 0 Å². The zero-order chi connectivity index (χ0) is 18.8. The summed E-state index contributed by atoms with van der Waals surface area (Å²) in [4.78, 5) is 27.1. The normalized spacial score (nSPS) is 12.8. The first-order valence-electron chi connectivity index (χ1n) is 7.99. The molecule has 0 saturated carbocycles. The van der Waals surface area contributed by atoms with Gasteiger partial charge < -0.3 is 0 Å². The number of rotatable bonds is 9. The van der Waals surface area contributed by atoms with Gasteiger partial charge >= 0.3 is 165 Å². The average molecular weight is 537 g/mol. The second-order valence-electron chi connectivity index (χ2n) is 5.68. The Bertz CT molecular complexity index is 586. The monoisotopic (exact) mass is 537 g/mol. The maximum absolute atomic E-state index is 12.7. The van der Waals surface area contributed by atoms with Crippen molar-refractivity contribution in [1.29, 1.82) is 0 Å². The van der Waals surface area contributed by atoms with Crippen LogP contribution in [0.25, 0.3) is 0 Å². The molecule has 0 spiro atoms. The maximum atomic E-state index is 12.7. The number of carbonyl (C=O) groups excluding carboxylic acids is 2. The summed E-state index contributed by atoms with van der Waals surface area (Å²) >= 11 is 6.93. The number of likely N-dealkylation sites (N-methyl/N-ethyl adjacent to an activating group) is 1. The molecule has 6 nitrogen and oxygen atoms in total. The van der Waals surface area contributed by atoms with Crippen LogP contribution >= 0.6 is 12.2 Å². The number of benzene rings is 1. The van der Waals surface area contributed by atoms with Crippen LogP contribution in [0.15, 0.2) is 30.3 Å². The quantitative estimate of drug-likeness (QED) is 0.255. The number of amides is 2. The number of nitrogens with zero attached hydrogens (tertiary/aromatic N) is 1. The molecule has 2 atom stereocenters. The number of thiocarbonyl (C=S) groups is 1. The Kier molecular flexibility index (Phi) is 9.83. The van der Waals surface area contributed by atoms with E-state index in [1.54, 1.807) is 36.6 Å². The summed E-state index contributed by atoms with van der Waals surface area (Å²) in [7, 11) is 1.75. The van der Waals surface area contributed by atoms with Crippen LogP contribution in [0.1, 0.15) is 31.2 Å². The van der Waals surface area contributed by atoms with Gasteiger partial charge in [-0.1, -0.05) is 0 Å². The minimum absolute atomic E-state index is 0.0307. The minimum atomic E-state index is -0.572. The molecule has 8 heteroatoms. The summed E-state index contributed by atoms with van der Waals surface area (Å²) in [6, 6.07) is 9.78. The SMILES string of the molecule is CNC(=S)[C@@H]([CH2][Re])N(C[C@H](C)c1ccccc1)C(=O)CCC(=O)NO. The summed E-state index contributed by atoms with van der Waals surface area (Å²) < 4.78 is 0. The first-order chi connectivity index (χ1) is 11.9. The van der Waals surface area contributed by atoms with Crippen LogP contribution in [0.5, 0.6) is 0 Å². The number of nitrogens with one attached hydrogen (secondary N) is 2. The first-order valence-corrected chi connectivity index (χ1v) is 10.3. The molecule has 0 aliphatic rings. The molecule has 0 fully saturated rings. The van der Waals surface area contributed by atoms with Gasteiger partial charge in [0.1, 0.15) is 0 Å². The molecule has 1 aromatic carbocycles. The van der Waals surface area contributed by atoms with E-state index in [0.29, 0.717) is 11.5 Å². The van der Waals surface area contributed by atoms with Crippen molar-refractivity contribution in [3.63, 3.8) is 0 Å². The van der Waals surface area contributed by atoms with E-state index in [1.807, 2.05) is 30.3 Å². The van der Waals surface area contributed by atoms with Crippen molar-refractivity contribution in [3.05, 3.63) is 35.9 Å². The van der Waals surface area contributed by atoms with Gasteiger partial charge in [-0.25, -0.2) is 0 Å². The fraction of sp³-hybridized carbons (Fsp3) is 0.471. The van der Waals surface area contributed by atoms with E-state index in [-0.39, 0.29) is 30.7 Å². The summed E-state index contributed by atoms with van der Waals surface area (Å²) in [5.41, 5.74) is 2.70. The molecule has 2 amide bonds. The van der Waals surface area contributed by atoms with Crippen molar-refractivity contribution in [1.82, 2.24) is 15.7 Å². The van der Waals surface area contributed by atoms with Crippen LogP contribution in [0.4, 0.5) is 0 Å². The van der Waals surface area contributed by atoms with Crippen LogP contribution in [-0.4, -0.2) is 46.5 Å². The van der Waals surface area contributed by atoms with Gasteiger partial charge in [-0.15, -0.1) is 0 Å². The molecule has 0 saturated heterocycles. The zero-order valence-electron chi connectivity index (χ0n) is 14.4. The molecule has 3 N–H and O–H groups in total. The molecule has 0 radical (unpaired) electrons. The first kappa shape index (κ1) is 21.7. The zero-order valence-corrected chi connectivity index (χ0v) is 17.9. The molecule has 0 bridgehead atoms. The molecule has 138 valence electrons. The molecule has 0 aliphatic carbocycles. The van der Waals surface area contributed by atoms with Crippen molar-refractivity contribution >= 4 is 29.0 Å². The third kappa shape index (κ3) is 6.83. The topological polar surface area (TPSA) is 81.7 Å². The summed E-state index contributed by atoms with van der Waals surface area (Å²) in [5.74, 6) is -0.583. The Hall–Kier alpha value is -1.33. The molecular weight excluding hydrogens is 512 g/mol. The van der Waals surface area contributed by atoms with Crippen LogP contribution in [0, 0.1) is 0 Å². The van der Waals surface area contributed by atoms with Gasteiger partial charge in [0.15, 0.2) is 0 Å². The number of hydrogen-bond donors (Lipinski definition) is 3. The van der Waals surface area contributed by atoms with Gasteiger partial charge in [-0.05, 0) is 0 Å². The van der Waals surface area contributed by atoms with Gasteiger partial charge in [0, 0.05) is 0 Å². The second kappa shape index (κ2) is 11.3. The van der Waals surface area contributed by atoms with Gasteiger partial charge in [0.05, 0.1) is 0 Å². The molecule has 1 rings (SSSR count). The molecule has 25 heavy (non-hydrogen) atoms. The van der Waals surface area contributed by atoms with Crippen molar-refractivity contribution in [3.8, 4) is 0 Å². The molecule has 0 aromatic heterocycles. The van der Waals surface area contributed by atoms with Crippen LogP contribution in [-0.2, 0) is 28.8 Å². The van der Waals surface area contributed by atoms with Crippen molar-refractivity contribution < 1.29 is 34.0 Å². The van der Waals surface area contributed by atoms with E-state index < -0.39 is 5.91 Å².